The minimum Gasteiger partial charge on any atom is -0.492 e. The number of hydrogen-bond acceptors (Lipinski definition) is 2. The van der Waals surface area contributed by atoms with Crippen molar-refractivity contribution in [2.45, 2.75) is 12.8 Å². The van der Waals surface area contributed by atoms with E-state index in [2.05, 4.69) is 17.1 Å². The second-order valence-corrected chi connectivity index (χ2v) is 3.58. The second kappa shape index (κ2) is 2.98. The zero-order valence-electron chi connectivity index (χ0n) is 7.86. The number of nitrogens with zero attached hydrogens (tertiary/aromatic N) is 1. The molecular weight excluding hydrogens is 174 g/mol. The average Bonchev–Trinajstić information content (AvgIpc) is 2.26. The number of aromatic nitrogens is 1. The quantitative estimate of drug-likeness (QED) is 0.629. The standard InChI is InChI=1S/C12H11NO/c1-2-5-10-9(4-1)8-12-11(13-10)6-3-7-14-12/h1-2,4-5,8H,3,6-7H2. The number of benzene rings is 1. The number of fused-ring (bicyclic) bond motifs is 2. The highest BCUT2D eigenvalue weighted by molar-refractivity contribution is 5.80. The van der Waals surface area contributed by atoms with Gasteiger partial charge in [-0.25, -0.2) is 4.98 Å². The lowest BCUT2D eigenvalue weighted by Crippen LogP contribution is -2.09. The van der Waals surface area contributed by atoms with Crippen molar-refractivity contribution < 1.29 is 4.74 Å². The third kappa shape index (κ3) is 1.15. The molecule has 0 fully saturated rings. The van der Waals surface area contributed by atoms with Crippen LogP contribution < -0.4 is 4.74 Å². The summed E-state index contributed by atoms with van der Waals surface area (Å²) in [6, 6.07) is 10.3. The van der Waals surface area contributed by atoms with Gasteiger partial charge in [0.1, 0.15) is 5.75 Å². The lowest BCUT2D eigenvalue weighted by atomic mass is 10.1. The molecule has 14 heavy (non-hydrogen) atoms. The van der Waals surface area contributed by atoms with E-state index >= 15 is 0 Å². The van der Waals surface area contributed by atoms with Gasteiger partial charge in [-0.3, -0.25) is 0 Å². The summed E-state index contributed by atoms with van der Waals surface area (Å²) in [4.78, 5) is 4.59. The number of ether oxygens (including phenoxy) is 1. The van der Waals surface area contributed by atoms with E-state index in [9.17, 15) is 0 Å². The molecule has 3 rings (SSSR count). The summed E-state index contributed by atoms with van der Waals surface area (Å²) in [5.74, 6) is 0.968. The normalized spacial score (nSPS) is 14.9. The van der Waals surface area contributed by atoms with Gasteiger partial charge in [0.25, 0.3) is 0 Å². The summed E-state index contributed by atoms with van der Waals surface area (Å²) in [6.45, 7) is 0.826. The van der Waals surface area contributed by atoms with Crippen LogP contribution in [-0.2, 0) is 6.42 Å². The van der Waals surface area contributed by atoms with E-state index < -0.39 is 0 Å². The van der Waals surface area contributed by atoms with Gasteiger partial charge in [-0.05, 0) is 25.0 Å². The molecule has 0 spiro atoms. The van der Waals surface area contributed by atoms with Crippen molar-refractivity contribution in [2.75, 3.05) is 6.61 Å². The highest BCUT2D eigenvalue weighted by Crippen LogP contribution is 2.26. The number of pyridine rings is 1. The topological polar surface area (TPSA) is 22.1 Å². The van der Waals surface area contributed by atoms with Crippen LogP contribution in [0, 0.1) is 0 Å². The molecular formula is C12H11NO. The molecule has 0 bridgehead atoms. The lowest BCUT2D eigenvalue weighted by molar-refractivity contribution is 0.285. The third-order valence-corrected chi connectivity index (χ3v) is 2.58. The van der Waals surface area contributed by atoms with Crippen LogP contribution in [0.2, 0.25) is 0 Å². The Labute approximate surface area is 82.5 Å². The molecule has 0 aliphatic carbocycles. The summed E-state index contributed by atoms with van der Waals surface area (Å²) in [5, 5.41) is 1.16. The van der Waals surface area contributed by atoms with Crippen molar-refractivity contribution in [3.63, 3.8) is 0 Å². The van der Waals surface area contributed by atoms with Crippen LogP contribution in [0.25, 0.3) is 10.9 Å². The first-order valence-electron chi connectivity index (χ1n) is 4.95. The fraction of sp³-hybridized carbons (Fsp3) is 0.250. The minimum absolute atomic E-state index is 0.826. The van der Waals surface area contributed by atoms with E-state index in [1.54, 1.807) is 0 Å². The maximum atomic E-state index is 5.57. The van der Waals surface area contributed by atoms with Gasteiger partial charge in [-0.2, -0.15) is 0 Å². The maximum absolute atomic E-state index is 5.57. The van der Waals surface area contributed by atoms with Crippen LogP contribution in [-0.4, -0.2) is 11.6 Å². The molecule has 2 heterocycles. The molecule has 1 aromatic heterocycles. The van der Waals surface area contributed by atoms with Crippen LogP contribution >= 0.6 is 0 Å². The maximum Gasteiger partial charge on any atom is 0.141 e. The molecule has 1 aromatic carbocycles. The number of aryl methyl sites for hydroxylation is 1. The summed E-state index contributed by atoms with van der Waals surface area (Å²) < 4.78 is 5.57. The van der Waals surface area contributed by atoms with Crippen molar-refractivity contribution in [1.29, 1.82) is 0 Å². The summed E-state index contributed by atoms with van der Waals surface area (Å²) in [5.41, 5.74) is 2.17. The number of para-hydroxylation sites is 1. The second-order valence-electron chi connectivity index (χ2n) is 3.58. The zero-order valence-corrected chi connectivity index (χ0v) is 7.86. The lowest BCUT2D eigenvalue weighted by Gasteiger charge is -2.16. The summed E-state index contributed by atoms with van der Waals surface area (Å²) >= 11 is 0. The Hall–Kier alpha value is -1.57. The van der Waals surface area contributed by atoms with Crippen LogP contribution in [0.5, 0.6) is 5.75 Å². The van der Waals surface area contributed by atoms with Gasteiger partial charge < -0.3 is 4.74 Å². The van der Waals surface area contributed by atoms with E-state index in [4.69, 9.17) is 4.74 Å². The van der Waals surface area contributed by atoms with Gasteiger partial charge in [0.05, 0.1) is 17.8 Å². The third-order valence-electron chi connectivity index (χ3n) is 2.58. The number of hydrogen-bond donors (Lipinski definition) is 0. The van der Waals surface area contributed by atoms with Gasteiger partial charge >= 0.3 is 0 Å². The Morgan fingerprint density at radius 2 is 2.14 bits per heavy atom. The van der Waals surface area contributed by atoms with Crippen molar-refractivity contribution in [3.8, 4) is 5.75 Å². The molecule has 0 saturated heterocycles. The predicted molar refractivity (Wildman–Crippen MR) is 55.6 cm³/mol. The van der Waals surface area contributed by atoms with Crippen molar-refractivity contribution in [3.05, 3.63) is 36.0 Å². The molecule has 0 amide bonds. The van der Waals surface area contributed by atoms with Crippen LogP contribution in [0.4, 0.5) is 0 Å². The van der Waals surface area contributed by atoms with Crippen LogP contribution in [0.1, 0.15) is 12.1 Å². The molecule has 0 saturated carbocycles. The molecule has 0 atom stereocenters. The Morgan fingerprint density at radius 1 is 1.21 bits per heavy atom. The molecule has 70 valence electrons. The minimum atomic E-state index is 0.826. The Bertz CT molecular complexity index is 434. The van der Waals surface area contributed by atoms with E-state index in [0.717, 1.165) is 41.8 Å². The van der Waals surface area contributed by atoms with E-state index in [0.29, 0.717) is 0 Å². The molecule has 1 aliphatic heterocycles. The molecule has 0 N–H and O–H groups in total. The summed E-state index contributed by atoms with van der Waals surface area (Å²) in [6.07, 6.45) is 2.12. The highest BCUT2D eigenvalue weighted by Gasteiger charge is 2.12. The molecule has 2 heteroatoms. The van der Waals surface area contributed by atoms with Crippen molar-refractivity contribution >= 4 is 10.9 Å². The van der Waals surface area contributed by atoms with Gasteiger partial charge in [-0.15, -0.1) is 0 Å². The van der Waals surface area contributed by atoms with Gasteiger partial charge in [-0.1, -0.05) is 18.2 Å². The van der Waals surface area contributed by atoms with E-state index in [1.807, 2.05) is 18.2 Å². The monoisotopic (exact) mass is 185 g/mol. The first kappa shape index (κ1) is 7.80. The van der Waals surface area contributed by atoms with Gasteiger partial charge in [0.2, 0.25) is 0 Å². The predicted octanol–water partition coefficient (Wildman–Crippen LogP) is 2.56. The smallest absolute Gasteiger partial charge is 0.141 e. The molecule has 2 aromatic rings. The Morgan fingerprint density at radius 3 is 3.14 bits per heavy atom. The number of rotatable bonds is 0. The van der Waals surface area contributed by atoms with Gasteiger partial charge in [0, 0.05) is 5.39 Å². The van der Waals surface area contributed by atoms with Crippen molar-refractivity contribution in [1.82, 2.24) is 4.98 Å². The molecule has 1 aliphatic rings. The first-order valence-corrected chi connectivity index (χ1v) is 4.95. The molecule has 0 unspecified atom stereocenters. The van der Waals surface area contributed by atoms with Crippen LogP contribution in [0.15, 0.2) is 30.3 Å². The largest absolute Gasteiger partial charge is 0.492 e. The van der Waals surface area contributed by atoms with Gasteiger partial charge in [0.15, 0.2) is 0 Å². The fourth-order valence-electron chi connectivity index (χ4n) is 1.86. The zero-order chi connectivity index (χ0) is 9.38. The first-order chi connectivity index (χ1) is 6.93. The molecule has 0 radical (unpaired) electrons. The SMILES string of the molecule is c1ccc2nc3c(cc2c1)OCCC3. The van der Waals surface area contributed by atoms with E-state index in [1.165, 1.54) is 0 Å². The highest BCUT2D eigenvalue weighted by atomic mass is 16.5. The van der Waals surface area contributed by atoms with E-state index in [-0.39, 0.29) is 0 Å². The molecule has 2 nitrogen and oxygen atoms in total. The fourth-order valence-corrected chi connectivity index (χ4v) is 1.86. The Kier molecular flexibility index (Phi) is 1.66. The van der Waals surface area contributed by atoms with Crippen LogP contribution in [0.3, 0.4) is 0 Å². The average molecular weight is 185 g/mol. The Balaban J connectivity index is 2.27. The van der Waals surface area contributed by atoms with Crippen molar-refractivity contribution in [2.24, 2.45) is 0 Å². The summed E-state index contributed by atoms with van der Waals surface area (Å²) in [7, 11) is 0.